The lowest BCUT2D eigenvalue weighted by Crippen LogP contribution is -2.21. The van der Waals surface area contributed by atoms with Crippen LogP contribution in [0.1, 0.15) is 15.9 Å². The summed E-state index contributed by atoms with van der Waals surface area (Å²) in [6.45, 7) is 0.884. The molecule has 0 aliphatic rings. The number of aromatic hydroxyl groups is 2. The molecule has 10 heteroatoms. The molecule has 2 rings (SSSR count). The minimum absolute atomic E-state index is 0.138. The fraction of sp³-hybridized carbons (Fsp3) is 0.125. The average Bonchev–Trinajstić information content (AvgIpc) is 2.53. The summed E-state index contributed by atoms with van der Waals surface area (Å²) in [4.78, 5) is 23.5. The van der Waals surface area contributed by atoms with Crippen LogP contribution in [0.3, 0.4) is 0 Å². The fourth-order valence-corrected chi connectivity index (χ4v) is 2.89. The highest BCUT2D eigenvalue weighted by Gasteiger charge is 2.16. The predicted molar refractivity (Wildman–Crippen MR) is 91.2 cm³/mol. The van der Waals surface area contributed by atoms with Gasteiger partial charge in [0.2, 0.25) is 10.0 Å². The Morgan fingerprint density at radius 1 is 1.15 bits per heavy atom. The van der Waals surface area contributed by atoms with E-state index >= 15 is 0 Å². The molecule has 0 aliphatic carbocycles. The topological polar surface area (TPSA) is 156 Å². The molecule has 0 spiro atoms. The first-order valence-electron chi connectivity index (χ1n) is 7.20. The first-order chi connectivity index (χ1) is 12.1. The van der Waals surface area contributed by atoms with Crippen LogP contribution in [0.15, 0.2) is 41.3 Å². The number of sulfonamides is 1. The quantitative estimate of drug-likeness (QED) is 0.560. The highest BCUT2D eigenvalue weighted by atomic mass is 32.2. The summed E-state index contributed by atoms with van der Waals surface area (Å²) < 4.78 is 27.7. The van der Waals surface area contributed by atoms with Gasteiger partial charge in [-0.25, -0.2) is 18.4 Å². The van der Waals surface area contributed by atoms with Gasteiger partial charge < -0.3 is 20.3 Å². The summed E-state index contributed by atoms with van der Waals surface area (Å²) in [5, 5.41) is 26.2. The van der Waals surface area contributed by atoms with Crippen molar-refractivity contribution in [3.63, 3.8) is 0 Å². The van der Waals surface area contributed by atoms with E-state index in [1.165, 1.54) is 24.3 Å². The number of benzene rings is 2. The molecule has 0 heterocycles. The van der Waals surface area contributed by atoms with E-state index in [2.05, 4.69) is 5.32 Å². The molecule has 26 heavy (non-hydrogen) atoms. The molecule has 0 fully saturated rings. The zero-order valence-corrected chi connectivity index (χ0v) is 14.4. The number of carbonyl (C=O) groups excluding carboxylic acids is 2. The van der Waals surface area contributed by atoms with Gasteiger partial charge in [-0.2, -0.15) is 0 Å². The molecule has 0 saturated carbocycles. The highest BCUT2D eigenvalue weighted by Crippen LogP contribution is 2.23. The third-order valence-corrected chi connectivity index (χ3v) is 4.37. The molecular weight excluding hydrogens is 364 g/mol. The van der Waals surface area contributed by atoms with Crippen LogP contribution < -0.4 is 10.5 Å². The van der Waals surface area contributed by atoms with Crippen LogP contribution in [0, 0.1) is 6.92 Å². The van der Waals surface area contributed by atoms with Crippen LogP contribution >= 0.6 is 0 Å². The molecule has 138 valence electrons. The molecule has 2 aromatic rings. The summed E-state index contributed by atoms with van der Waals surface area (Å²) >= 11 is 0. The monoisotopic (exact) mass is 380 g/mol. The molecule has 0 aromatic heterocycles. The number of ether oxygens (including phenoxy) is 1. The number of amides is 1. The molecule has 0 aliphatic heterocycles. The maximum absolute atomic E-state index is 11.9. The summed E-state index contributed by atoms with van der Waals surface area (Å²) in [5.74, 6) is -2.42. The van der Waals surface area contributed by atoms with E-state index < -0.39 is 34.3 Å². The minimum Gasteiger partial charge on any atom is -0.508 e. The van der Waals surface area contributed by atoms with Crippen LogP contribution in [-0.2, 0) is 19.6 Å². The van der Waals surface area contributed by atoms with Crippen molar-refractivity contribution in [2.24, 2.45) is 5.14 Å². The van der Waals surface area contributed by atoms with Gasteiger partial charge in [-0.15, -0.1) is 0 Å². The van der Waals surface area contributed by atoms with Crippen LogP contribution in [0.2, 0.25) is 0 Å². The Kier molecular flexibility index (Phi) is 5.48. The zero-order valence-electron chi connectivity index (χ0n) is 13.6. The van der Waals surface area contributed by atoms with E-state index in [0.717, 1.165) is 12.1 Å². The van der Waals surface area contributed by atoms with Gasteiger partial charge in [-0.05, 0) is 36.8 Å². The number of aryl methyl sites for hydroxylation is 1. The van der Waals surface area contributed by atoms with Crippen LogP contribution in [0.5, 0.6) is 11.5 Å². The van der Waals surface area contributed by atoms with Gasteiger partial charge in [-0.1, -0.05) is 6.07 Å². The Labute approximate surface area is 149 Å². The number of phenolic OH excluding ortho intramolecular Hbond substituents is 2. The van der Waals surface area contributed by atoms with Gasteiger partial charge in [-0.3, -0.25) is 4.79 Å². The Morgan fingerprint density at radius 2 is 1.85 bits per heavy atom. The lowest BCUT2D eigenvalue weighted by atomic mass is 10.2. The van der Waals surface area contributed by atoms with Gasteiger partial charge >= 0.3 is 5.97 Å². The Hall–Kier alpha value is -3.11. The van der Waals surface area contributed by atoms with Crippen molar-refractivity contribution in [2.45, 2.75) is 11.8 Å². The Bertz CT molecular complexity index is 971. The first kappa shape index (κ1) is 19.2. The number of primary sulfonamides is 1. The average molecular weight is 380 g/mol. The molecule has 0 atom stereocenters. The maximum Gasteiger partial charge on any atom is 0.342 e. The zero-order chi connectivity index (χ0) is 19.5. The summed E-state index contributed by atoms with van der Waals surface area (Å²) in [5.41, 5.74) is 0.357. The standard InChI is InChI=1S/C16H16N2O7S/c1-9-2-3-10(6-14(9)26(17,23)24)18-15(21)8-25-16(22)12-5-4-11(19)7-13(12)20/h2-7,19-20H,8H2,1H3,(H,18,21)(H2,17,23,24). The second-order valence-corrected chi connectivity index (χ2v) is 6.88. The van der Waals surface area contributed by atoms with Gasteiger partial charge in [0.25, 0.3) is 5.91 Å². The first-order valence-corrected chi connectivity index (χ1v) is 8.75. The van der Waals surface area contributed by atoms with E-state index in [4.69, 9.17) is 9.88 Å². The number of carbonyl (C=O) groups is 2. The van der Waals surface area contributed by atoms with Crippen molar-refractivity contribution < 1.29 is 33.0 Å². The fourth-order valence-electron chi connectivity index (χ4n) is 2.08. The largest absolute Gasteiger partial charge is 0.508 e. The van der Waals surface area contributed by atoms with Crippen molar-refractivity contribution in [1.82, 2.24) is 0 Å². The summed E-state index contributed by atoms with van der Waals surface area (Å²) in [6, 6.07) is 7.40. The molecule has 0 radical (unpaired) electrons. The van der Waals surface area contributed by atoms with E-state index in [1.54, 1.807) is 6.92 Å². The molecule has 2 aromatic carbocycles. The third kappa shape index (κ3) is 4.71. The second-order valence-electron chi connectivity index (χ2n) is 5.35. The smallest absolute Gasteiger partial charge is 0.342 e. The lowest BCUT2D eigenvalue weighted by molar-refractivity contribution is -0.119. The normalized spacial score (nSPS) is 11.0. The van der Waals surface area contributed by atoms with E-state index in [9.17, 15) is 28.2 Å². The van der Waals surface area contributed by atoms with Gasteiger partial charge in [0.05, 0.1) is 4.90 Å². The number of nitrogens with two attached hydrogens (primary N) is 1. The summed E-state index contributed by atoms with van der Waals surface area (Å²) in [7, 11) is -3.95. The summed E-state index contributed by atoms with van der Waals surface area (Å²) in [6.07, 6.45) is 0. The highest BCUT2D eigenvalue weighted by molar-refractivity contribution is 7.89. The molecule has 0 bridgehead atoms. The maximum atomic E-state index is 11.9. The Morgan fingerprint density at radius 3 is 2.46 bits per heavy atom. The number of esters is 1. The van der Waals surface area contributed by atoms with Gasteiger partial charge in [0.15, 0.2) is 6.61 Å². The number of phenols is 2. The molecule has 0 unspecified atom stereocenters. The molecule has 9 nitrogen and oxygen atoms in total. The predicted octanol–water partition coefficient (Wildman–Crippen LogP) is 0.849. The van der Waals surface area contributed by atoms with Gasteiger partial charge in [0.1, 0.15) is 17.1 Å². The van der Waals surface area contributed by atoms with Crippen LogP contribution in [0.25, 0.3) is 0 Å². The van der Waals surface area contributed by atoms with Crippen molar-refractivity contribution >= 4 is 27.6 Å². The number of nitrogens with one attached hydrogen (secondary N) is 1. The van der Waals surface area contributed by atoms with Crippen LogP contribution in [0.4, 0.5) is 5.69 Å². The lowest BCUT2D eigenvalue weighted by Gasteiger charge is -2.10. The Balaban J connectivity index is 2.02. The number of anilines is 1. The van der Waals surface area contributed by atoms with E-state index in [1.807, 2.05) is 0 Å². The van der Waals surface area contributed by atoms with Crippen LogP contribution in [-0.4, -0.2) is 37.1 Å². The van der Waals surface area contributed by atoms with Crippen molar-refractivity contribution in [1.29, 1.82) is 0 Å². The molecule has 0 saturated heterocycles. The number of rotatable bonds is 5. The number of hydrogen-bond donors (Lipinski definition) is 4. The molecular formula is C16H16N2O7S. The van der Waals surface area contributed by atoms with E-state index in [0.29, 0.717) is 5.56 Å². The minimum atomic E-state index is -3.95. The van der Waals surface area contributed by atoms with Crippen molar-refractivity contribution in [3.8, 4) is 11.5 Å². The molecule has 1 amide bonds. The third-order valence-electron chi connectivity index (χ3n) is 3.31. The van der Waals surface area contributed by atoms with Crippen molar-refractivity contribution in [2.75, 3.05) is 11.9 Å². The van der Waals surface area contributed by atoms with E-state index in [-0.39, 0.29) is 21.9 Å². The number of hydrogen-bond acceptors (Lipinski definition) is 7. The SMILES string of the molecule is Cc1ccc(NC(=O)COC(=O)c2ccc(O)cc2O)cc1S(N)(=O)=O. The van der Waals surface area contributed by atoms with Crippen molar-refractivity contribution in [3.05, 3.63) is 47.5 Å². The second kappa shape index (κ2) is 7.42. The van der Waals surface area contributed by atoms with Gasteiger partial charge in [0, 0.05) is 11.8 Å². The molecule has 5 N–H and O–H groups in total.